The molecule has 1 amide bonds. The number of amides is 1. The van der Waals surface area contributed by atoms with Crippen molar-refractivity contribution < 1.29 is 4.79 Å². The van der Waals surface area contributed by atoms with E-state index in [-0.39, 0.29) is 11.3 Å². The van der Waals surface area contributed by atoms with Gasteiger partial charge in [-0.15, -0.1) is 11.6 Å². The first-order valence-electron chi connectivity index (χ1n) is 4.64. The van der Waals surface area contributed by atoms with E-state index in [1.54, 1.807) is 11.3 Å². The van der Waals surface area contributed by atoms with Crippen LogP contribution >= 0.6 is 22.9 Å². The normalized spacial score (nSPS) is 12.4. The minimum atomic E-state index is 0.0430. The Balaban J connectivity index is 2.23. The molecule has 0 spiro atoms. The highest BCUT2D eigenvalue weighted by Gasteiger charge is 2.06. The average molecular weight is 232 g/mol. The van der Waals surface area contributed by atoms with E-state index in [0.29, 0.717) is 13.0 Å². The van der Waals surface area contributed by atoms with Gasteiger partial charge in [-0.3, -0.25) is 4.79 Å². The fourth-order valence-corrected chi connectivity index (χ4v) is 1.76. The Kier molecular flexibility index (Phi) is 4.98. The molecule has 0 saturated carbocycles. The van der Waals surface area contributed by atoms with E-state index in [9.17, 15) is 4.79 Å². The molecule has 0 aromatic carbocycles. The van der Waals surface area contributed by atoms with Crippen molar-refractivity contribution in [3.8, 4) is 0 Å². The van der Waals surface area contributed by atoms with Crippen molar-refractivity contribution in [3.63, 3.8) is 0 Å². The first-order chi connectivity index (χ1) is 6.72. The summed E-state index contributed by atoms with van der Waals surface area (Å²) in [5, 5.41) is 6.80. The second-order valence-corrected chi connectivity index (χ2v) is 4.52. The topological polar surface area (TPSA) is 29.1 Å². The lowest BCUT2D eigenvalue weighted by Crippen LogP contribution is -2.30. The van der Waals surface area contributed by atoms with Crippen LogP contribution < -0.4 is 5.32 Å². The number of nitrogens with one attached hydrogen (secondary N) is 1. The Hall–Kier alpha value is -0.540. The van der Waals surface area contributed by atoms with Gasteiger partial charge in [0.05, 0.1) is 11.8 Å². The third kappa shape index (κ3) is 4.11. The Morgan fingerprint density at radius 1 is 1.71 bits per heavy atom. The maximum atomic E-state index is 11.4. The number of carbonyl (C=O) groups is 1. The molecule has 0 aliphatic heterocycles. The standard InChI is InChI=1S/C10H14ClNOS/c1-2-9(11)6-12-10(13)5-8-3-4-14-7-8/h3-4,7,9H,2,5-6H2,1H3,(H,12,13). The van der Waals surface area contributed by atoms with Crippen molar-refractivity contribution in [1.82, 2.24) is 5.32 Å². The quantitative estimate of drug-likeness (QED) is 0.775. The summed E-state index contributed by atoms with van der Waals surface area (Å²) in [6.07, 6.45) is 1.33. The molecular weight excluding hydrogens is 218 g/mol. The summed E-state index contributed by atoms with van der Waals surface area (Å²) in [4.78, 5) is 11.4. The fourth-order valence-electron chi connectivity index (χ4n) is 1.01. The fraction of sp³-hybridized carbons (Fsp3) is 0.500. The van der Waals surface area contributed by atoms with Crippen LogP contribution in [0.5, 0.6) is 0 Å². The van der Waals surface area contributed by atoms with Crippen LogP contribution in [0, 0.1) is 0 Å². The first kappa shape index (κ1) is 11.5. The molecule has 0 saturated heterocycles. The Morgan fingerprint density at radius 2 is 2.50 bits per heavy atom. The van der Waals surface area contributed by atoms with Gasteiger partial charge in [0.2, 0.25) is 5.91 Å². The summed E-state index contributed by atoms with van der Waals surface area (Å²) < 4.78 is 0. The lowest BCUT2D eigenvalue weighted by Gasteiger charge is -2.07. The number of carbonyl (C=O) groups excluding carboxylic acids is 1. The van der Waals surface area contributed by atoms with Gasteiger partial charge in [0, 0.05) is 6.54 Å². The van der Waals surface area contributed by atoms with Gasteiger partial charge in [-0.2, -0.15) is 11.3 Å². The molecule has 1 atom stereocenters. The minimum absolute atomic E-state index is 0.0430. The average Bonchev–Trinajstić information content (AvgIpc) is 2.66. The van der Waals surface area contributed by atoms with Crippen LogP contribution in [-0.2, 0) is 11.2 Å². The van der Waals surface area contributed by atoms with Crippen LogP contribution in [0.15, 0.2) is 16.8 Å². The van der Waals surface area contributed by atoms with Gasteiger partial charge in [0.15, 0.2) is 0 Å². The van der Waals surface area contributed by atoms with Gasteiger partial charge in [-0.05, 0) is 28.8 Å². The molecule has 78 valence electrons. The van der Waals surface area contributed by atoms with E-state index in [0.717, 1.165) is 12.0 Å². The summed E-state index contributed by atoms with van der Waals surface area (Å²) in [7, 11) is 0. The van der Waals surface area contributed by atoms with Gasteiger partial charge in [0.1, 0.15) is 0 Å². The van der Waals surface area contributed by atoms with Gasteiger partial charge >= 0.3 is 0 Å². The number of alkyl halides is 1. The van der Waals surface area contributed by atoms with Gasteiger partial charge in [0.25, 0.3) is 0 Å². The van der Waals surface area contributed by atoms with Crippen LogP contribution in [0.25, 0.3) is 0 Å². The zero-order valence-corrected chi connectivity index (χ0v) is 9.70. The lowest BCUT2D eigenvalue weighted by molar-refractivity contribution is -0.120. The highest BCUT2D eigenvalue weighted by Crippen LogP contribution is 2.06. The SMILES string of the molecule is CCC(Cl)CNC(=O)Cc1ccsc1. The van der Waals surface area contributed by atoms with Crippen molar-refractivity contribution in [3.05, 3.63) is 22.4 Å². The highest BCUT2D eigenvalue weighted by atomic mass is 35.5. The molecule has 0 bridgehead atoms. The summed E-state index contributed by atoms with van der Waals surface area (Å²) in [5.74, 6) is 0.0440. The maximum Gasteiger partial charge on any atom is 0.224 e. The maximum absolute atomic E-state index is 11.4. The zero-order chi connectivity index (χ0) is 10.4. The number of hydrogen-bond acceptors (Lipinski definition) is 2. The minimum Gasteiger partial charge on any atom is -0.354 e. The van der Waals surface area contributed by atoms with Crippen LogP contribution in [0.2, 0.25) is 0 Å². The Morgan fingerprint density at radius 3 is 3.07 bits per heavy atom. The van der Waals surface area contributed by atoms with Crippen molar-refractivity contribution in [2.45, 2.75) is 25.1 Å². The van der Waals surface area contributed by atoms with Gasteiger partial charge in [-0.1, -0.05) is 6.92 Å². The zero-order valence-electron chi connectivity index (χ0n) is 8.13. The summed E-state index contributed by atoms with van der Waals surface area (Å²) in [6.45, 7) is 2.56. The van der Waals surface area contributed by atoms with Crippen LogP contribution in [0.3, 0.4) is 0 Å². The highest BCUT2D eigenvalue weighted by molar-refractivity contribution is 7.07. The molecule has 1 heterocycles. The monoisotopic (exact) mass is 231 g/mol. The molecular formula is C10H14ClNOS. The molecule has 0 radical (unpaired) electrons. The third-order valence-corrected chi connectivity index (χ3v) is 3.10. The third-order valence-electron chi connectivity index (χ3n) is 1.91. The molecule has 1 rings (SSSR count). The van der Waals surface area contributed by atoms with E-state index in [1.807, 2.05) is 23.8 Å². The molecule has 14 heavy (non-hydrogen) atoms. The number of rotatable bonds is 5. The molecule has 1 N–H and O–H groups in total. The molecule has 0 fully saturated rings. The molecule has 0 aliphatic rings. The predicted molar refractivity (Wildman–Crippen MR) is 61.0 cm³/mol. The lowest BCUT2D eigenvalue weighted by atomic mass is 10.2. The Bertz CT molecular complexity index is 274. The van der Waals surface area contributed by atoms with E-state index in [1.165, 1.54) is 0 Å². The first-order valence-corrected chi connectivity index (χ1v) is 6.02. The molecule has 1 aromatic heterocycles. The summed E-state index contributed by atoms with van der Waals surface area (Å²) in [6, 6.07) is 1.96. The number of hydrogen-bond donors (Lipinski definition) is 1. The number of thiophene rings is 1. The second kappa shape index (κ2) is 6.04. The summed E-state index contributed by atoms with van der Waals surface area (Å²) >= 11 is 7.48. The van der Waals surface area contributed by atoms with E-state index in [2.05, 4.69) is 5.32 Å². The predicted octanol–water partition coefficient (Wildman–Crippen LogP) is 2.42. The molecule has 0 aliphatic carbocycles. The molecule has 2 nitrogen and oxygen atoms in total. The van der Waals surface area contributed by atoms with Crippen LogP contribution in [0.4, 0.5) is 0 Å². The van der Waals surface area contributed by atoms with Crippen LogP contribution in [-0.4, -0.2) is 17.8 Å². The van der Waals surface area contributed by atoms with Gasteiger partial charge < -0.3 is 5.32 Å². The van der Waals surface area contributed by atoms with Crippen molar-refractivity contribution in [2.75, 3.05) is 6.54 Å². The summed E-state index contributed by atoms with van der Waals surface area (Å²) in [5.41, 5.74) is 1.06. The van der Waals surface area contributed by atoms with E-state index in [4.69, 9.17) is 11.6 Å². The molecule has 1 aromatic rings. The van der Waals surface area contributed by atoms with Crippen molar-refractivity contribution >= 4 is 28.8 Å². The van der Waals surface area contributed by atoms with E-state index < -0.39 is 0 Å². The van der Waals surface area contributed by atoms with Crippen molar-refractivity contribution in [2.24, 2.45) is 0 Å². The largest absolute Gasteiger partial charge is 0.354 e. The molecule has 4 heteroatoms. The van der Waals surface area contributed by atoms with E-state index >= 15 is 0 Å². The van der Waals surface area contributed by atoms with Crippen LogP contribution in [0.1, 0.15) is 18.9 Å². The van der Waals surface area contributed by atoms with Gasteiger partial charge in [-0.25, -0.2) is 0 Å². The smallest absolute Gasteiger partial charge is 0.224 e. The Labute approximate surface area is 93.3 Å². The number of halogens is 1. The molecule has 1 unspecified atom stereocenters. The second-order valence-electron chi connectivity index (χ2n) is 3.12. The van der Waals surface area contributed by atoms with Crippen molar-refractivity contribution in [1.29, 1.82) is 0 Å².